The molecule has 180 valence electrons. The van der Waals surface area contributed by atoms with Crippen molar-refractivity contribution in [2.75, 3.05) is 13.6 Å². The van der Waals surface area contributed by atoms with E-state index in [2.05, 4.69) is 17.1 Å². The summed E-state index contributed by atoms with van der Waals surface area (Å²) in [5.41, 5.74) is 4.75. The molecule has 1 aromatic heterocycles. The molecule has 34 heavy (non-hydrogen) atoms. The van der Waals surface area contributed by atoms with E-state index in [1.54, 1.807) is 26.1 Å². The first-order chi connectivity index (χ1) is 16.4. The third kappa shape index (κ3) is 4.37. The Kier molecular flexibility index (Phi) is 7.12. The summed E-state index contributed by atoms with van der Waals surface area (Å²) in [6.45, 7) is 7.05. The molecular weight excluding hydrogens is 434 g/mol. The number of amides is 1. The molecule has 0 fully saturated rings. The van der Waals surface area contributed by atoms with Crippen LogP contribution in [-0.2, 0) is 24.2 Å². The minimum absolute atomic E-state index is 0.0900. The predicted octanol–water partition coefficient (Wildman–Crippen LogP) is 4.82. The molecule has 1 aliphatic rings. The van der Waals surface area contributed by atoms with Gasteiger partial charge in [0.2, 0.25) is 5.91 Å². The van der Waals surface area contributed by atoms with Crippen LogP contribution in [-0.4, -0.2) is 34.2 Å². The van der Waals surface area contributed by atoms with E-state index in [0.29, 0.717) is 30.5 Å². The van der Waals surface area contributed by atoms with Gasteiger partial charge in [-0.05, 0) is 50.3 Å². The zero-order valence-electron chi connectivity index (χ0n) is 20.2. The van der Waals surface area contributed by atoms with E-state index in [0.717, 1.165) is 29.8 Å². The Balaban J connectivity index is 1.76. The van der Waals surface area contributed by atoms with Gasteiger partial charge in [-0.1, -0.05) is 42.5 Å². The fraction of sp³-hybridized carbons (Fsp3) is 0.407. The van der Waals surface area contributed by atoms with E-state index in [1.807, 2.05) is 41.9 Å². The van der Waals surface area contributed by atoms with Crippen LogP contribution in [0.5, 0.6) is 0 Å². The van der Waals surface area contributed by atoms with Gasteiger partial charge >= 0.3 is 0 Å². The lowest BCUT2D eigenvalue weighted by molar-refractivity contribution is -0.127. The molecule has 0 saturated heterocycles. The molecule has 2 heterocycles. The molecular formula is C27H32F2N4O. The molecule has 2 atom stereocenters. The molecule has 3 aromatic rings. The number of nitrogens with one attached hydrogen (secondary N) is 1. The molecule has 2 aromatic carbocycles. The standard InChI is InChI=1S/C27H32F2N4O/c1-5-33-22-15-16-32(26(27(34)30-4)20-9-7-6-8-10-20)21(23(22)18(3)31-33)14-13-19-12-11-17(2)24(28)25(19)29/h6-12,21,26H,5,13-16H2,1-4H3,(H,30,34)/t21-,26+/m0/s1. The van der Waals surface area contributed by atoms with Gasteiger partial charge in [0.1, 0.15) is 6.04 Å². The minimum Gasteiger partial charge on any atom is -0.358 e. The number of rotatable bonds is 7. The SMILES string of the molecule is CCn1nc(C)c2c1CCN([C@@H](C(=O)NC)c1ccccc1)[C@H]2CCc1ccc(C)c(F)c1F. The second kappa shape index (κ2) is 10.1. The smallest absolute Gasteiger partial charge is 0.241 e. The molecule has 0 saturated carbocycles. The largest absolute Gasteiger partial charge is 0.358 e. The third-order valence-corrected chi connectivity index (χ3v) is 6.91. The van der Waals surface area contributed by atoms with Gasteiger partial charge < -0.3 is 5.32 Å². The molecule has 5 nitrogen and oxygen atoms in total. The molecule has 1 N–H and O–H groups in total. The predicted molar refractivity (Wildman–Crippen MR) is 128 cm³/mol. The van der Waals surface area contributed by atoms with Gasteiger partial charge in [-0.2, -0.15) is 5.10 Å². The summed E-state index contributed by atoms with van der Waals surface area (Å²) in [4.78, 5) is 15.3. The Bertz CT molecular complexity index is 1180. The zero-order valence-corrected chi connectivity index (χ0v) is 20.2. The van der Waals surface area contributed by atoms with Gasteiger partial charge in [0, 0.05) is 43.9 Å². The second-order valence-corrected chi connectivity index (χ2v) is 8.90. The highest BCUT2D eigenvalue weighted by molar-refractivity contribution is 5.83. The summed E-state index contributed by atoms with van der Waals surface area (Å²) < 4.78 is 30.9. The number of likely N-dealkylation sites (N-methyl/N-ethyl adjacent to an activating group) is 1. The average molecular weight is 467 g/mol. The lowest BCUT2D eigenvalue weighted by atomic mass is 9.88. The summed E-state index contributed by atoms with van der Waals surface area (Å²) in [7, 11) is 1.65. The molecule has 0 unspecified atom stereocenters. The van der Waals surface area contributed by atoms with Crippen molar-refractivity contribution in [1.29, 1.82) is 0 Å². The molecule has 0 bridgehead atoms. The van der Waals surface area contributed by atoms with Gasteiger partial charge in [-0.25, -0.2) is 8.78 Å². The minimum atomic E-state index is -0.791. The van der Waals surface area contributed by atoms with Gasteiger partial charge in [-0.15, -0.1) is 0 Å². The molecule has 0 aliphatic carbocycles. The Morgan fingerprint density at radius 1 is 1.15 bits per heavy atom. The van der Waals surface area contributed by atoms with Crippen LogP contribution in [0.1, 0.15) is 59.1 Å². The van der Waals surface area contributed by atoms with Crippen LogP contribution in [0, 0.1) is 25.5 Å². The van der Waals surface area contributed by atoms with Crippen molar-refractivity contribution in [1.82, 2.24) is 20.0 Å². The number of aromatic nitrogens is 2. The van der Waals surface area contributed by atoms with Crippen molar-refractivity contribution < 1.29 is 13.6 Å². The highest BCUT2D eigenvalue weighted by Gasteiger charge is 2.39. The second-order valence-electron chi connectivity index (χ2n) is 8.90. The zero-order chi connectivity index (χ0) is 24.4. The van der Waals surface area contributed by atoms with E-state index < -0.39 is 17.7 Å². The van der Waals surface area contributed by atoms with Crippen molar-refractivity contribution in [2.45, 2.75) is 58.7 Å². The first kappa shape index (κ1) is 24.1. The van der Waals surface area contributed by atoms with E-state index >= 15 is 0 Å². The number of fused-ring (bicyclic) bond motifs is 1. The fourth-order valence-corrected chi connectivity index (χ4v) is 5.21. The topological polar surface area (TPSA) is 50.2 Å². The van der Waals surface area contributed by atoms with Crippen molar-refractivity contribution in [2.24, 2.45) is 0 Å². The van der Waals surface area contributed by atoms with E-state index in [9.17, 15) is 13.6 Å². The number of benzene rings is 2. The maximum absolute atomic E-state index is 14.7. The Labute approximate surface area is 199 Å². The molecule has 1 amide bonds. The first-order valence-electron chi connectivity index (χ1n) is 11.9. The molecule has 7 heteroatoms. The molecule has 1 aliphatic heterocycles. The maximum atomic E-state index is 14.7. The van der Waals surface area contributed by atoms with Gasteiger partial charge in [-0.3, -0.25) is 14.4 Å². The van der Waals surface area contributed by atoms with E-state index in [4.69, 9.17) is 5.10 Å². The normalized spacial score (nSPS) is 16.8. The van der Waals surface area contributed by atoms with Crippen molar-refractivity contribution >= 4 is 5.91 Å². The summed E-state index contributed by atoms with van der Waals surface area (Å²) in [6, 6.07) is 12.4. The van der Waals surface area contributed by atoms with E-state index in [-0.39, 0.29) is 11.9 Å². The number of halogens is 2. The quantitative estimate of drug-likeness (QED) is 0.543. The van der Waals surface area contributed by atoms with Gasteiger partial charge in [0.15, 0.2) is 11.6 Å². The lowest BCUT2D eigenvalue weighted by Crippen LogP contribution is -2.45. The summed E-state index contributed by atoms with van der Waals surface area (Å²) in [5, 5.41) is 7.57. The number of hydrogen-bond donors (Lipinski definition) is 1. The van der Waals surface area contributed by atoms with Crippen LogP contribution in [0.2, 0.25) is 0 Å². The number of nitrogens with zero attached hydrogens (tertiary/aromatic N) is 3. The highest BCUT2D eigenvalue weighted by atomic mass is 19.2. The van der Waals surface area contributed by atoms with Crippen molar-refractivity contribution in [3.05, 3.63) is 87.7 Å². The van der Waals surface area contributed by atoms with Crippen LogP contribution in [0.25, 0.3) is 0 Å². The summed E-state index contributed by atoms with van der Waals surface area (Å²) in [5.74, 6) is -1.66. The Morgan fingerprint density at radius 3 is 2.56 bits per heavy atom. The molecule has 4 rings (SSSR count). The van der Waals surface area contributed by atoms with Gasteiger partial charge in [0.25, 0.3) is 0 Å². The maximum Gasteiger partial charge on any atom is 0.241 e. The Hall–Kier alpha value is -3.06. The van der Waals surface area contributed by atoms with Crippen molar-refractivity contribution in [3.63, 3.8) is 0 Å². The fourth-order valence-electron chi connectivity index (χ4n) is 5.21. The van der Waals surface area contributed by atoms with Crippen LogP contribution in [0.3, 0.4) is 0 Å². The van der Waals surface area contributed by atoms with Crippen LogP contribution in [0.4, 0.5) is 8.78 Å². The summed E-state index contributed by atoms with van der Waals surface area (Å²) >= 11 is 0. The molecule has 0 radical (unpaired) electrons. The molecule has 0 spiro atoms. The van der Waals surface area contributed by atoms with Crippen LogP contribution in [0.15, 0.2) is 42.5 Å². The lowest BCUT2D eigenvalue weighted by Gasteiger charge is -2.41. The summed E-state index contributed by atoms with van der Waals surface area (Å²) in [6.07, 6.45) is 1.67. The van der Waals surface area contributed by atoms with Crippen molar-refractivity contribution in [3.8, 4) is 0 Å². The number of aryl methyl sites for hydroxylation is 4. The first-order valence-corrected chi connectivity index (χ1v) is 11.9. The average Bonchev–Trinajstić information content (AvgIpc) is 3.19. The number of carbonyl (C=O) groups is 1. The number of carbonyl (C=O) groups excluding carboxylic acids is 1. The van der Waals surface area contributed by atoms with E-state index in [1.165, 1.54) is 5.69 Å². The monoisotopic (exact) mass is 466 g/mol. The number of hydrogen-bond acceptors (Lipinski definition) is 3. The van der Waals surface area contributed by atoms with Gasteiger partial charge in [0.05, 0.1) is 5.69 Å². The van der Waals surface area contributed by atoms with Crippen LogP contribution >= 0.6 is 0 Å². The highest BCUT2D eigenvalue weighted by Crippen LogP contribution is 2.41. The Morgan fingerprint density at radius 2 is 1.88 bits per heavy atom. The third-order valence-electron chi connectivity index (χ3n) is 6.91. The van der Waals surface area contributed by atoms with Crippen LogP contribution < -0.4 is 5.32 Å².